The lowest BCUT2D eigenvalue weighted by atomic mass is 9.96. The van der Waals surface area contributed by atoms with Crippen LogP contribution in [0.2, 0.25) is 0 Å². The number of rotatable bonds is 4. The number of aliphatic hydroxyl groups excluding tert-OH is 1. The molecule has 0 atom stereocenters. The summed E-state index contributed by atoms with van der Waals surface area (Å²) in [4.78, 5) is 6.53. The van der Waals surface area contributed by atoms with E-state index < -0.39 is 6.36 Å². The van der Waals surface area contributed by atoms with Gasteiger partial charge >= 0.3 is 6.36 Å². The number of alkyl halides is 3. The van der Waals surface area contributed by atoms with Crippen LogP contribution in [0.1, 0.15) is 11.6 Å². The fraction of sp³-hybridized carbons (Fsp3) is 0.368. The van der Waals surface area contributed by atoms with Crippen molar-refractivity contribution in [3.63, 3.8) is 0 Å². The molecule has 10 heteroatoms. The van der Waals surface area contributed by atoms with Crippen LogP contribution in [0.4, 0.5) is 19.0 Å². The molecule has 0 amide bonds. The second-order valence-corrected chi connectivity index (χ2v) is 7.28. The molecule has 2 N–H and O–H groups in total. The minimum absolute atomic E-state index is 0.237. The molecule has 7 nitrogen and oxygen atoms in total. The third kappa shape index (κ3) is 3.28. The van der Waals surface area contributed by atoms with Gasteiger partial charge in [-0.3, -0.25) is 0 Å². The Labute approximate surface area is 163 Å². The van der Waals surface area contributed by atoms with Crippen molar-refractivity contribution >= 4 is 16.7 Å². The van der Waals surface area contributed by atoms with Crippen molar-refractivity contribution in [1.82, 2.24) is 20.1 Å². The number of ether oxygens (including phenoxy) is 1. The number of anilines is 1. The van der Waals surface area contributed by atoms with E-state index in [9.17, 15) is 18.3 Å². The van der Waals surface area contributed by atoms with Gasteiger partial charge in [0.2, 0.25) is 0 Å². The Kier molecular flexibility index (Phi) is 4.14. The summed E-state index contributed by atoms with van der Waals surface area (Å²) in [6, 6.07) is 7.48. The van der Waals surface area contributed by atoms with E-state index in [1.165, 1.54) is 12.1 Å². The van der Waals surface area contributed by atoms with Crippen molar-refractivity contribution in [1.29, 1.82) is 0 Å². The minimum Gasteiger partial charge on any atom is -0.406 e. The maximum Gasteiger partial charge on any atom is 0.573 e. The summed E-state index contributed by atoms with van der Waals surface area (Å²) >= 11 is 0. The van der Waals surface area contributed by atoms with Crippen molar-refractivity contribution in [2.75, 3.05) is 31.1 Å². The highest BCUT2D eigenvalue weighted by atomic mass is 19.4. The highest BCUT2D eigenvalue weighted by molar-refractivity contribution is 5.94. The Morgan fingerprint density at radius 3 is 2.41 bits per heavy atom. The van der Waals surface area contributed by atoms with Gasteiger partial charge in [-0.25, -0.2) is 9.67 Å². The number of hydrogen-bond donors (Lipinski definition) is 2. The zero-order valence-electron chi connectivity index (χ0n) is 15.2. The second kappa shape index (κ2) is 6.60. The molecule has 2 aliphatic rings. The standard InChI is InChI=1S/C19H18F3N5O2/c20-19(21,22)29-14-3-1-12(2-4-14)27-15-5-6-24-18(26-9-13(28)10-26)16(15)17(25-27)11-7-23-8-11/h1-6,11,13,23,28H,7-10H2. The third-order valence-corrected chi connectivity index (χ3v) is 5.25. The Morgan fingerprint density at radius 1 is 1.10 bits per heavy atom. The maximum absolute atomic E-state index is 12.4. The van der Waals surface area contributed by atoms with E-state index in [0.717, 1.165) is 35.5 Å². The molecule has 5 rings (SSSR count). The first-order chi connectivity index (χ1) is 13.9. The van der Waals surface area contributed by atoms with E-state index in [1.807, 2.05) is 11.0 Å². The SMILES string of the molecule is OC1CN(c2nccc3c2c(C2CNC2)nn3-c2ccc(OC(F)(F)F)cc2)C1. The summed E-state index contributed by atoms with van der Waals surface area (Å²) in [7, 11) is 0. The molecule has 152 valence electrons. The van der Waals surface area contributed by atoms with E-state index >= 15 is 0 Å². The molecule has 0 spiro atoms. The fourth-order valence-corrected chi connectivity index (χ4v) is 3.70. The highest BCUT2D eigenvalue weighted by Crippen LogP contribution is 2.36. The largest absolute Gasteiger partial charge is 0.573 e. The first kappa shape index (κ1) is 18.2. The van der Waals surface area contributed by atoms with Gasteiger partial charge in [-0.2, -0.15) is 5.10 Å². The van der Waals surface area contributed by atoms with Gasteiger partial charge in [0.05, 0.1) is 28.4 Å². The van der Waals surface area contributed by atoms with Crippen LogP contribution in [0, 0.1) is 0 Å². The first-order valence-corrected chi connectivity index (χ1v) is 9.26. The Hall–Kier alpha value is -2.85. The number of halogens is 3. The molecule has 2 aliphatic heterocycles. The highest BCUT2D eigenvalue weighted by Gasteiger charge is 2.33. The van der Waals surface area contributed by atoms with Crippen LogP contribution in [0.15, 0.2) is 36.5 Å². The van der Waals surface area contributed by atoms with E-state index in [2.05, 4.69) is 15.0 Å². The van der Waals surface area contributed by atoms with Crippen molar-refractivity contribution in [3.8, 4) is 11.4 Å². The van der Waals surface area contributed by atoms with Crippen LogP contribution in [-0.2, 0) is 0 Å². The molecule has 2 fully saturated rings. The third-order valence-electron chi connectivity index (χ3n) is 5.25. The number of pyridine rings is 1. The fourth-order valence-electron chi connectivity index (χ4n) is 3.70. The van der Waals surface area contributed by atoms with Crippen molar-refractivity contribution in [3.05, 3.63) is 42.2 Å². The van der Waals surface area contributed by atoms with Crippen LogP contribution < -0.4 is 15.0 Å². The van der Waals surface area contributed by atoms with Gasteiger partial charge in [0, 0.05) is 38.3 Å². The Balaban J connectivity index is 1.58. The van der Waals surface area contributed by atoms with Crippen molar-refractivity contribution < 1.29 is 23.0 Å². The molecule has 0 bridgehead atoms. The number of benzene rings is 1. The lowest BCUT2D eigenvalue weighted by Crippen LogP contribution is -2.51. The molecular weight excluding hydrogens is 387 g/mol. The summed E-state index contributed by atoms with van der Waals surface area (Å²) < 4.78 is 42.9. The zero-order valence-corrected chi connectivity index (χ0v) is 15.2. The predicted octanol–water partition coefficient (Wildman–Crippen LogP) is 2.19. The molecule has 0 unspecified atom stereocenters. The van der Waals surface area contributed by atoms with Crippen LogP contribution in [0.25, 0.3) is 16.6 Å². The summed E-state index contributed by atoms with van der Waals surface area (Å²) in [5.41, 5.74) is 2.35. The van der Waals surface area contributed by atoms with Gasteiger partial charge in [0.1, 0.15) is 11.6 Å². The molecule has 2 saturated heterocycles. The van der Waals surface area contributed by atoms with Gasteiger partial charge in [-0.05, 0) is 30.3 Å². The number of aromatic nitrogens is 3. The lowest BCUT2D eigenvalue weighted by Gasteiger charge is -2.37. The summed E-state index contributed by atoms with van der Waals surface area (Å²) in [6.45, 7) is 2.65. The number of nitrogens with zero attached hydrogens (tertiary/aromatic N) is 4. The smallest absolute Gasteiger partial charge is 0.406 e. The molecule has 0 aliphatic carbocycles. The monoisotopic (exact) mass is 405 g/mol. The lowest BCUT2D eigenvalue weighted by molar-refractivity contribution is -0.274. The Bertz CT molecular complexity index is 1040. The number of fused-ring (bicyclic) bond motifs is 1. The van der Waals surface area contributed by atoms with Crippen LogP contribution >= 0.6 is 0 Å². The predicted molar refractivity (Wildman–Crippen MR) is 99.4 cm³/mol. The Morgan fingerprint density at radius 2 is 1.83 bits per heavy atom. The summed E-state index contributed by atoms with van der Waals surface area (Å²) in [5, 5.41) is 18.6. The minimum atomic E-state index is -4.73. The zero-order chi connectivity index (χ0) is 20.2. The van der Waals surface area contributed by atoms with E-state index in [1.54, 1.807) is 23.0 Å². The molecule has 2 aromatic heterocycles. The van der Waals surface area contributed by atoms with Gasteiger partial charge < -0.3 is 20.1 Å². The average molecular weight is 405 g/mol. The van der Waals surface area contributed by atoms with Crippen LogP contribution in [-0.4, -0.2) is 58.5 Å². The molecule has 29 heavy (non-hydrogen) atoms. The maximum atomic E-state index is 12.4. The van der Waals surface area contributed by atoms with E-state index in [-0.39, 0.29) is 17.8 Å². The number of nitrogens with one attached hydrogen (secondary N) is 1. The first-order valence-electron chi connectivity index (χ1n) is 9.26. The van der Waals surface area contributed by atoms with Crippen molar-refractivity contribution in [2.24, 2.45) is 0 Å². The number of hydrogen-bond acceptors (Lipinski definition) is 6. The molecule has 4 heterocycles. The average Bonchev–Trinajstić information content (AvgIpc) is 2.96. The number of β-amino-alcohol motifs (C(OH)–C–C–N with tert-alkyl or cyclic N) is 1. The van der Waals surface area contributed by atoms with Gasteiger partial charge in [0.25, 0.3) is 0 Å². The molecule has 3 aromatic rings. The van der Waals surface area contributed by atoms with Crippen LogP contribution in [0.5, 0.6) is 5.75 Å². The van der Waals surface area contributed by atoms with Gasteiger partial charge in [-0.1, -0.05) is 0 Å². The normalized spacial score (nSPS) is 18.0. The van der Waals surface area contributed by atoms with Gasteiger partial charge in [-0.15, -0.1) is 13.2 Å². The topological polar surface area (TPSA) is 75.4 Å². The summed E-state index contributed by atoms with van der Waals surface area (Å²) in [6.07, 6.45) is -3.41. The van der Waals surface area contributed by atoms with Crippen molar-refractivity contribution in [2.45, 2.75) is 18.4 Å². The molecule has 0 radical (unpaired) electrons. The number of aliphatic hydroxyl groups is 1. The van der Waals surface area contributed by atoms with Crippen LogP contribution in [0.3, 0.4) is 0 Å². The second-order valence-electron chi connectivity index (χ2n) is 7.28. The van der Waals surface area contributed by atoms with E-state index in [0.29, 0.717) is 18.8 Å². The van der Waals surface area contributed by atoms with Gasteiger partial charge in [0.15, 0.2) is 0 Å². The summed E-state index contributed by atoms with van der Waals surface area (Å²) in [5.74, 6) is 0.733. The quantitative estimate of drug-likeness (QED) is 0.693. The molecule has 0 saturated carbocycles. The molecular formula is C19H18F3N5O2. The molecule has 1 aromatic carbocycles. The van der Waals surface area contributed by atoms with E-state index in [4.69, 9.17) is 5.10 Å².